The maximum absolute atomic E-state index is 11.8. The molecule has 1 aromatic carbocycles. The molecule has 116 valence electrons. The molecule has 1 aromatic rings. The van der Waals surface area contributed by atoms with Crippen molar-refractivity contribution < 1.29 is 14.3 Å². The van der Waals surface area contributed by atoms with Gasteiger partial charge in [-0.25, -0.2) is 0 Å². The Morgan fingerprint density at radius 3 is 2.62 bits per heavy atom. The van der Waals surface area contributed by atoms with Crippen molar-refractivity contribution in [2.24, 2.45) is 0 Å². The van der Waals surface area contributed by atoms with Crippen molar-refractivity contribution in [3.8, 4) is 5.75 Å². The highest BCUT2D eigenvalue weighted by molar-refractivity contribution is 5.83. The maximum Gasteiger partial charge on any atom is 0.239 e. The number of carbonyl (C=O) groups excluding carboxylic acids is 2. The molecule has 5 heteroatoms. The number of ether oxygens (including phenoxy) is 1. The van der Waals surface area contributed by atoms with E-state index in [0.29, 0.717) is 13.1 Å². The van der Waals surface area contributed by atoms with E-state index in [0.717, 1.165) is 24.2 Å². The number of unbranched alkanes of at least 4 members (excludes halogenated alkanes) is 1. The van der Waals surface area contributed by atoms with Crippen LogP contribution in [0.15, 0.2) is 24.3 Å². The van der Waals surface area contributed by atoms with Crippen molar-refractivity contribution >= 4 is 11.8 Å². The molecule has 0 spiro atoms. The average molecular weight is 292 g/mol. The Labute approximate surface area is 126 Å². The second-order valence-corrected chi connectivity index (χ2v) is 4.89. The number of amides is 2. The first-order valence-electron chi connectivity index (χ1n) is 7.22. The number of nitrogens with one attached hydrogen (secondary N) is 1. The number of nitrogens with zero attached hydrogens (tertiary/aromatic N) is 1. The summed E-state index contributed by atoms with van der Waals surface area (Å²) in [5.74, 6) is 0.454. The number of benzene rings is 1. The van der Waals surface area contributed by atoms with Gasteiger partial charge in [-0.05, 0) is 12.5 Å². The van der Waals surface area contributed by atoms with Gasteiger partial charge in [0, 0.05) is 25.6 Å². The molecular formula is C16H24N2O3. The van der Waals surface area contributed by atoms with Gasteiger partial charge < -0.3 is 15.0 Å². The van der Waals surface area contributed by atoms with E-state index in [-0.39, 0.29) is 18.4 Å². The molecule has 0 atom stereocenters. The van der Waals surface area contributed by atoms with E-state index < -0.39 is 0 Å². The van der Waals surface area contributed by atoms with Crippen LogP contribution < -0.4 is 10.1 Å². The topological polar surface area (TPSA) is 58.6 Å². The molecule has 2 amide bonds. The van der Waals surface area contributed by atoms with Gasteiger partial charge in [-0.1, -0.05) is 31.5 Å². The average Bonchev–Trinajstić information content (AvgIpc) is 2.47. The van der Waals surface area contributed by atoms with Crippen molar-refractivity contribution in [3.05, 3.63) is 29.8 Å². The summed E-state index contributed by atoms with van der Waals surface area (Å²) in [6.07, 6.45) is 1.97. The molecule has 0 saturated carbocycles. The Bertz CT molecular complexity index is 474. The lowest BCUT2D eigenvalue weighted by Gasteiger charge is -2.21. The zero-order valence-corrected chi connectivity index (χ0v) is 13.0. The number of hydrogen-bond donors (Lipinski definition) is 1. The number of hydrogen-bond acceptors (Lipinski definition) is 3. The van der Waals surface area contributed by atoms with Crippen LogP contribution in [-0.2, 0) is 16.1 Å². The fraction of sp³-hybridized carbons (Fsp3) is 0.500. The first-order chi connectivity index (χ1) is 10.1. The molecule has 0 fully saturated rings. The summed E-state index contributed by atoms with van der Waals surface area (Å²) in [6, 6.07) is 7.49. The summed E-state index contributed by atoms with van der Waals surface area (Å²) in [5, 5.41) is 2.82. The van der Waals surface area contributed by atoms with E-state index >= 15 is 0 Å². The van der Waals surface area contributed by atoms with Gasteiger partial charge in [0.05, 0.1) is 13.7 Å². The fourth-order valence-corrected chi connectivity index (χ4v) is 1.95. The van der Waals surface area contributed by atoms with E-state index in [1.165, 1.54) is 11.8 Å². The molecule has 0 unspecified atom stereocenters. The molecule has 0 radical (unpaired) electrons. The van der Waals surface area contributed by atoms with Gasteiger partial charge in [0.1, 0.15) is 5.75 Å². The lowest BCUT2D eigenvalue weighted by Crippen LogP contribution is -2.39. The van der Waals surface area contributed by atoms with E-state index in [9.17, 15) is 9.59 Å². The number of para-hydroxylation sites is 1. The van der Waals surface area contributed by atoms with Crippen LogP contribution in [-0.4, -0.2) is 36.9 Å². The summed E-state index contributed by atoms with van der Waals surface area (Å²) >= 11 is 0. The number of methoxy groups -OCH3 is 1. The van der Waals surface area contributed by atoms with Gasteiger partial charge in [0.15, 0.2) is 0 Å². The Hall–Kier alpha value is -2.04. The second-order valence-electron chi connectivity index (χ2n) is 4.89. The molecule has 0 aliphatic heterocycles. The zero-order chi connectivity index (χ0) is 15.7. The molecule has 21 heavy (non-hydrogen) atoms. The van der Waals surface area contributed by atoms with Crippen molar-refractivity contribution in [2.45, 2.75) is 33.2 Å². The van der Waals surface area contributed by atoms with Crippen LogP contribution >= 0.6 is 0 Å². The van der Waals surface area contributed by atoms with Gasteiger partial charge in [0.25, 0.3) is 0 Å². The van der Waals surface area contributed by atoms with Crippen molar-refractivity contribution in [1.29, 1.82) is 0 Å². The highest BCUT2D eigenvalue weighted by atomic mass is 16.5. The Morgan fingerprint density at radius 1 is 1.29 bits per heavy atom. The van der Waals surface area contributed by atoms with Gasteiger partial charge in [-0.2, -0.15) is 0 Å². The predicted octanol–water partition coefficient (Wildman–Crippen LogP) is 1.96. The summed E-state index contributed by atoms with van der Waals surface area (Å²) in [7, 11) is 1.59. The van der Waals surface area contributed by atoms with Crippen LogP contribution in [0.4, 0.5) is 0 Å². The SMILES string of the molecule is CCCCNC(=O)CN(Cc1ccccc1OC)C(C)=O. The van der Waals surface area contributed by atoms with Crippen LogP contribution in [0.1, 0.15) is 32.3 Å². The van der Waals surface area contributed by atoms with Crippen molar-refractivity contribution in [2.75, 3.05) is 20.2 Å². The summed E-state index contributed by atoms with van der Waals surface area (Å²) in [5.41, 5.74) is 0.886. The van der Waals surface area contributed by atoms with Crippen LogP contribution in [0.25, 0.3) is 0 Å². The summed E-state index contributed by atoms with van der Waals surface area (Å²) in [6.45, 7) is 4.61. The van der Waals surface area contributed by atoms with Gasteiger partial charge in [-0.3, -0.25) is 9.59 Å². The molecule has 1 N–H and O–H groups in total. The molecule has 1 rings (SSSR count). The Kier molecular flexibility index (Phi) is 7.29. The lowest BCUT2D eigenvalue weighted by molar-refractivity contribution is -0.134. The van der Waals surface area contributed by atoms with Gasteiger partial charge in [-0.15, -0.1) is 0 Å². The fourth-order valence-electron chi connectivity index (χ4n) is 1.95. The van der Waals surface area contributed by atoms with Gasteiger partial charge in [0.2, 0.25) is 11.8 Å². The van der Waals surface area contributed by atoms with Gasteiger partial charge >= 0.3 is 0 Å². The Balaban J connectivity index is 2.65. The molecule has 0 aliphatic rings. The molecule has 0 bridgehead atoms. The number of carbonyl (C=O) groups is 2. The van der Waals surface area contributed by atoms with Crippen LogP contribution in [0.2, 0.25) is 0 Å². The highest BCUT2D eigenvalue weighted by Gasteiger charge is 2.15. The smallest absolute Gasteiger partial charge is 0.239 e. The second kappa shape index (κ2) is 9.00. The monoisotopic (exact) mass is 292 g/mol. The largest absolute Gasteiger partial charge is 0.496 e. The van der Waals surface area contributed by atoms with Crippen LogP contribution in [0.3, 0.4) is 0 Å². The Morgan fingerprint density at radius 2 is 2.00 bits per heavy atom. The lowest BCUT2D eigenvalue weighted by atomic mass is 10.2. The number of rotatable bonds is 8. The normalized spacial score (nSPS) is 10.0. The van der Waals surface area contributed by atoms with E-state index in [2.05, 4.69) is 12.2 Å². The molecular weight excluding hydrogens is 268 g/mol. The quantitative estimate of drug-likeness (QED) is 0.745. The molecule has 0 saturated heterocycles. The van der Waals surface area contributed by atoms with Crippen LogP contribution in [0.5, 0.6) is 5.75 Å². The summed E-state index contributed by atoms with van der Waals surface area (Å²) < 4.78 is 5.27. The third kappa shape index (κ3) is 5.85. The highest BCUT2D eigenvalue weighted by Crippen LogP contribution is 2.19. The van der Waals surface area contributed by atoms with E-state index in [1.807, 2.05) is 24.3 Å². The molecule has 0 heterocycles. The molecule has 0 aromatic heterocycles. The third-order valence-corrected chi connectivity index (χ3v) is 3.19. The van der Waals surface area contributed by atoms with E-state index in [1.54, 1.807) is 7.11 Å². The van der Waals surface area contributed by atoms with Crippen molar-refractivity contribution in [1.82, 2.24) is 10.2 Å². The zero-order valence-electron chi connectivity index (χ0n) is 13.0. The third-order valence-electron chi connectivity index (χ3n) is 3.19. The van der Waals surface area contributed by atoms with Crippen molar-refractivity contribution in [3.63, 3.8) is 0 Å². The maximum atomic E-state index is 11.8. The van der Waals surface area contributed by atoms with Crippen LogP contribution in [0, 0.1) is 0 Å². The first kappa shape index (κ1) is 17.0. The summed E-state index contributed by atoms with van der Waals surface area (Å²) in [4.78, 5) is 25.1. The predicted molar refractivity (Wildman–Crippen MR) is 82.0 cm³/mol. The first-order valence-corrected chi connectivity index (χ1v) is 7.22. The van der Waals surface area contributed by atoms with E-state index in [4.69, 9.17) is 4.74 Å². The standard InChI is InChI=1S/C16H24N2O3/c1-4-5-10-17-16(20)12-18(13(2)19)11-14-8-6-7-9-15(14)21-3/h6-9H,4-5,10-12H2,1-3H3,(H,17,20). The minimum absolute atomic E-state index is 0.0666. The molecule has 5 nitrogen and oxygen atoms in total. The molecule has 0 aliphatic carbocycles. The minimum Gasteiger partial charge on any atom is -0.496 e. The minimum atomic E-state index is -0.133.